The van der Waals surface area contributed by atoms with Gasteiger partial charge < -0.3 is 15.0 Å². The highest BCUT2D eigenvalue weighted by Gasteiger charge is 2.27. The Bertz CT molecular complexity index is 714. The first-order chi connectivity index (χ1) is 12.6. The van der Waals surface area contributed by atoms with E-state index in [2.05, 4.69) is 5.32 Å². The topological polar surface area (TPSA) is 58.6 Å². The Morgan fingerprint density at radius 3 is 2.23 bits per heavy atom. The molecule has 2 rings (SSSR count). The number of amides is 2. The zero-order valence-electron chi connectivity index (χ0n) is 15.6. The highest BCUT2D eigenvalue weighted by Crippen LogP contribution is 2.16. The Hall–Kier alpha value is -2.82. The summed E-state index contributed by atoms with van der Waals surface area (Å²) in [4.78, 5) is 27.0. The lowest BCUT2D eigenvalue weighted by molar-refractivity contribution is -0.140. The van der Waals surface area contributed by atoms with Crippen molar-refractivity contribution in [3.8, 4) is 5.75 Å². The number of benzene rings is 2. The van der Waals surface area contributed by atoms with Crippen LogP contribution in [-0.2, 0) is 22.6 Å². The fourth-order valence-corrected chi connectivity index (χ4v) is 2.89. The third kappa shape index (κ3) is 5.09. The van der Waals surface area contributed by atoms with Gasteiger partial charge in [0.2, 0.25) is 11.8 Å². The van der Waals surface area contributed by atoms with E-state index in [9.17, 15) is 9.59 Å². The van der Waals surface area contributed by atoms with Crippen molar-refractivity contribution in [2.24, 2.45) is 0 Å². The van der Waals surface area contributed by atoms with E-state index >= 15 is 0 Å². The number of carbonyl (C=O) groups is 2. The Morgan fingerprint density at radius 2 is 1.69 bits per heavy atom. The van der Waals surface area contributed by atoms with Gasteiger partial charge in [0.1, 0.15) is 11.8 Å². The largest absolute Gasteiger partial charge is 0.497 e. The van der Waals surface area contributed by atoms with Crippen LogP contribution in [0.2, 0.25) is 0 Å². The molecule has 0 aliphatic rings. The van der Waals surface area contributed by atoms with E-state index in [4.69, 9.17) is 4.74 Å². The molecule has 0 aliphatic heterocycles. The summed E-state index contributed by atoms with van der Waals surface area (Å²) < 4.78 is 5.15. The maximum Gasteiger partial charge on any atom is 0.242 e. The number of ether oxygens (including phenoxy) is 1. The first kappa shape index (κ1) is 19.5. The molecule has 0 aromatic heterocycles. The lowest BCUT2D eigenvalue weighted by Crippen LogP contribution is -2.48. The van der Waals surface area contributed by atoms with E-state index in [0.717, 1.165) is 16.9 Å². The number of nitrogens with zero attached hydrogens (tertiary/aromatic N) is 1. The van der Waals surface area contributed by atoms with Crippen LogP contribution in [0.15, 0.2) is 54.6 Å². The summed E-state index contributed by atoms with van der Waals surface area (Å²) >= 11 is 0. The second-order valence-electron chi connectivity index (χ2n) is 6.07. The maximum absolute atomic E-state index is 13.0. The van der Waals surface area contributed by atoms with E-state index in [1.165, 1.54) is 0 Å². The van der Waals surface area contributed by atoms with Crippen molar-refractivity contribution in [3.05, 3.63) is 65.7 Å². The molecule has 5 nitrogen and oxygen atoms in total. The second-order valence-corrected chi connectivity index (χ2v) is 6.07. The summed E-state index contributed by atoms with van der Waals surface area (Å²) in [5.41, 5.74) is 1.89. The molecule has 0 radical (unpaired) electrons. The first-order valence-electron chi connectivity index (χ1n) is 8.77. The van der Waals surface area contributed by atoms with Gasteiger partial charge in [0.25, 0.3) is 0 Å². The predicted octanol–water partition coefficient (Wildman–Crippen LogP) is 2.79. The summed E-state index contributed by atoms with van der Waals surface area (Å²) in [6.45, 7) is 2.32. The zero-order valence-corrected chi connectivity index (χ0v) is 15.6. The van der Waals surface area contributed by atoms with Gasteiger partial charge in [-0.1, -0.05) is 49.4 Å². The fraction of sp³-hybridized carbons (Fsp3) is 0.333. The number of hydrogen-bond acceptors (Lipinski definition) is 3. The summed E-state index contributed by atoms with van der Waals surface area (Å²) in [6, 6.07) is 16.6. The van der Waals surface area contributed by atoms with Crippen LogP contribution >= 0.6 is 0 Å². The molecule has 0 unspecified atom stereocenters. The maximum atomic E-state index is 13.0. The van der Waals surface area contributed by atoms with Crippen molar-refractivity contribution >= 4 is 11.8 Å². The summed E-state index contributed by atoms with van der Waals surface area (Å²) in [7, 11) is 3.20. The molecule has 0 saturated carbocycles. The van der Waals surface area contributed by atoms with Gasteiger partial charge in [0.05, 0.1) is 13.5 Å². The summed E-state index contributed by atoms with van der Waals surface area (Å²) in [5, 5.41) is 2.67. The number of hydrogen-bond donors (Lipinski definition) is 1. The normalized spacial score (nSPS) is 11.5. The quantitative estimate of drug-likeness (QED) is 0.793. The molecule has 5 heteroatoms. The van der Waals surface area contributed by atoms with Gasteiger partial charge in [-0.3, -0.25) is 9.59 Å². The molecule has 0 aliphatic carbocycles. The van der Waals surface area contributed by atoms with Crippen LogP contribution in [0.5, 0.6) is 5.75 Å². The van der Waals surface area contributed by atoms with Gasteiger partial charge in [-0.05, 0) is 29.7 Å². The van der Waals surface area contributed by atoms with Crippen LogP contribution in [0.3, 0.4) is 0 Å². The number of nitrogens with one attached hydrogen (secondary N) is 1. The monoisotopic (exact) mass is 354 g/mol. The molecule has 1 atom stereocenters. The summed E-state index contributed by atoms with van der Waals surface area (Å²) in [6.07, 6.45) is 0.797. The van der Waals surface area contributed by atoms with Gasteiger partial charge in [0, 0.05) is 13.6 Å². The second kappa shape index (κ2) is 9.61. The molecule has 0 saturated heterocycles. The van der Waals surface area contributed by atoms with Crippen molar-refractivity contribution in [1.82, 2.24) is 10.2 Å². The number of rotatable bonds is 8. The molecule has 0 fully saturated rings. The van der Waals surface area contributed by atoms with Crippen molar-refractivity contribution in [2.75, 3.05) is 14.2 Å². The SMILES string of the molecule is CC[C@H](C(=O)NC)N(Cc1ccccc1)C(=O)Cc1ccc(OC)cc1. The van der Waals surface area contributed by atoms with E-state index < -0.39 is 6.04 Å². The average molecular weight is 354 g/mol. The van der Waals surface area contributed by atoms with Crippen molar-refractivity contribution in [2.45, 2.75) is 32.4 Å². The zero-order chi connectivity index (χ0) is 18.9. The molecular weight excluding hydrogens is 328 g/mol. The van der Waals surface area contributed by atoms with E-state index in [0.29, 0.717) is 13.0 Å². The van der Waals surface area contributed by atoms with Gasteiger partial charge in [-0.15, -0.1) is 0 Å². The lowest BCUT2D eigenvalue weighted by Gasteiger charge is -2.30. The molecule has 2 amide bonds. The van der Waals surface area contributed by atoms with E-state index in [-0.39, 0.29) is 18.2 Å². The van der Waals surface area contributed by atoms with Gasteiger partial charge in [0.15, 0.2) is 0 Å². The van der Waals surface area contributed by atoms with Crippen molar-refractivity contribution < 1.29 is 14.3 Å². The lowest BCUT2D eigenvalue weighted by atomic mass is 10.1. The standard InChI is InChI=1S/C21H26N2O3/c1-4-19(21(25)22-2)23(15-17-8-6-5-7-9-17)20(24)14-16-10-12-18(26-3)13-11-16/h5-13,19H,4,14-15H2,1-3H3,(H,22,25)/t19-/m1/s1. The fourth-order valence-electron chi connectivity index (χ4n) is 2.89. The van der Waals surface area contributed by atoms with Crippen molar-refractivity contribution in [1.29, 1.82) is 0 Å². The minimum atomic E-state index is -0.494. The predicted molar refractivity (Wildman–Crippen MR) is 102 cm³/mol. The summed E-state index contributed by atoms with van der Waals surface area (Å²) in [5.74, 6) is 0.528. The molecule has 1 N–H and O–H groups in total. The first-order valence-corrected chi connectivity index (χ1v) is 8.77. The van der Waals surface area contributed by atoms with E-state index in [1.807, 2.05) is 61.5 Å². The number of methoxy groups -OCH3 is 1. The molecule has 0 bridgehead atoms. The van der Waals surface area contributed by atoms with Crippen LogP contribution in [0.4, 0.5) is 0 Å². The number of carbonyl (C=O) groups excluding carboxylic acids is 2. The highest BCUT2D eigenvalue weighted by atomic mass is 16.5. The van der Waals surface area contributed by atoms with Crippen LogP contribution in [0.1, 0.15) is 24.5 Å². The Kier molecular flexibility index (Phi) is 7.21. The Labute approximate surface area is 155 Å². The molecule has 0 heterocycles. The average Bonchev–Trinajstić information content (AvgIpc) is 2.68. The number of likely N-dealkylation sites (N-methyl/N-ethyl adjacent to an activating group) is 1. The molecule has 2 aromatic carbocycles. The smallest absolute Gasteiger partial charge is 0.242 e. The van der Waals surface area contributed by atoms with E-state index in [1.54, 1.807) is 19.1 Å². The van der Waals surface area contributed by atoms with Gasteiger partial charge in [-0.25, -0.2) is 0 Å². The highest BCUT2D eigenvalue weighted by molar-refractivity contribution is 5.88. The minimum Gasteiger partial charge on any atom is -0.497 e. The van der Waals surface area contributed by atoms with Crippen LogP contribution < -0.4 is 10.1 Å². The van der Waals surface area contributed by atoms with Crippen LogP contribution in [0, 0.1) is 0 Å². The minimum absolute atomic E-state index is 0.0746. The Balaban J connectivity index is 2.22. The molecule has 0 spiro atoms. The van der Waals surface area contributed by atoms with Crippen molar-refractivity contribution in [3.63, 3.8) is 0 Å². The molecule has 138 valence electrons. The van der Waals surface area contributed by atoms with Crippen LogP contribution in [0.25, 0.3) is 0 Å². The molecular formula is C21H26N2O3. The van der Waals surface area contributed by atoms with Gasteiger partial charge in [-0.2, -0.15) is 0 Å². The molecule has 2 aromatic rings. The van der Waals surface area contributed by atoms with Gasteiger partial charge >= 0.3 is 0 Å². The molecule has 26 heavy (non-hydrogen) atoms. The third-order valence-electron chi connectivity index (χ3n) is 4.34. The Morgan fingerprint density at radius 1 is 1.04 bits per heavy atom. The van der Waals surface area contributed by atoms with Crippen LogP contribution in [-0.4, -0.2) is 36.9 Å². The third-order valence-corrected chi connectivity index (χ3v) is 4.34.